The van der Waals surface area contributed by atoms with Crippen LogP contribution in [-0.4, -0.2) is 18.4 Å². The van der Waals surface area contributed by atoms with Crippen LogP contribution < -0.4 is 0 Å². The first-order valence-electron chi connectivity index (χ1n) is 9.90. The molecule has 0 saturated carbocycles. The van der Waals surface area contributed by atoms with Crippen molar-refractivity contribution in [3.63, 3.8) is 0 Å². The molecule has 0 aromatic rings. The zero-order chi connectivity index (χ0) is 16.0. The number of hydrogen-bond donors (Lipinski definition) is 0. The predicted octanol–water partition coefficient (Wildman–Crippen LogP) is 7.90. The summed E-state index contributed by atoms with van der Waals surface area (Å²) in [6.07, 6.45) is 16.8. The summed E-state index contributed by atoms with van der Waals surface area (Å²) < 4.78 is 6.95. The molecule has 0 saturated heterocycles. The first kappa shape index (κ1) is 21.5. The molecule has 0 nitrogen and oxygen atoms in total. The van der Waals surface area contributed by atoms with Gasteiger partial charge in [0.25, 0.3) is 0 Å². The summed E-state index contributed by atoms with van der Waals surface area (Å²) >= 11 is -2.07. The summed E-state index contributed by atoms with van der Waals surface area (Å²) in [6, 6.07) is 0. The van der Waals surface area contributed by atoms with Crippen molar-refractivity contribution in [2.75, 3.05) is 0 Å². The Bertz CT molecular complexity index is 233. The monoisotopic (exact) mass is 402 g/mol. The quantitative estimate of drug-likeness (QED) is 0.260. The van der Waals surface area contributed by atoms with Gasteiger partial charge in [-0.3, -0.25) is 0 Å². The summed E-state index contributed by atoms with van der Waals surface area (Å²) in [5.74, 6) is 0. The van der Waals surface area contributed by atoms with Gasteiger partial charge in [-0.1, -0.05) is 0 Å². The van der Waals surface area contributed by atoms with Crippen molar-refractivity contribution in [3.05, 3.63) is 9.67 Å². The predicted molar refractivity (Wildman–Crippen MR) is 103 cm³/mol. The molecule has 0 N–H and O–H groups in total. The third-order valence-corrected chi connectivity index (χ3v) is 21.3. The summed E-state index contributed by atoms with van der Waals surface area (Å²) in [7, 11) is 0. The van der Waals surface area contributed by atoms with E-state index in [0.29, 0.717) is 0 Å². The molecule has 0 aliphatic rings. The van der Waals surface area contributed by atoms with E-state index in [1.807, 2.05) is 3.59 Å². The molecule has 1 heteroatoms. The molecule has 0 amide bonds. The second kappa shape index (κ2) is 14.2. The standard InChI is InChI=1S/C8H15.3C4H9.Sn/c1-3-5-7-8-6-4-2;3*1-3-4-2;/h7H,3-6H2,1-2H3;3*1,3-4H2,2H3;. The van der Waals surface area contributed by atoms with Crippen LogP contribution in [0.3, 0.4) is 0 Å². The third-order valence-electron chi connectivity index (χ3n) is 4.91. The fraction of sp³-hybridized carbons (Fsp3) is 0.900. The maximum atomic E-state index is 2.72. The summed E-state index contributed by atoms with van der Waals surface area (Å²) in [5, 5.41) is 0. The first-order valence-corrected chi connectivity index (χ1v) is 17.4. The van der Waals surface area contributed by atoms with E-state index in [-0.39, 0.29) is 0 Å². The van der Waals surface area contributed by atoms with Crippen LogP contribution in [0.4, 0.5) is 0 Å². The van der Waals surface area contributed by atoms with E-state index in [4.69, 9.17) is 0 Å². The number of unbranched alkanes of at least 4 members (excludes halogenated alkanes) is 4. The average Bonchev–Trinajstić information content (AvgIpc) is 2.51. The van der Waals surface area contributed by atoms with Crippen molar-refractivity contribution < 1.29 is 0 Å². The normalized spacial score (nSPS) is 12.9. The van der Waals surface area contributed by atoms with Gasteiger partial charge in [0.05, 0.1) is 0 Å². The molecule has 0 aromatic heterocycles. The Labute approximate surface area is 140 Å². The van der Waals surface area contributed by atoms with Gasteiger partial charge in [-0.05, 0) is 0 Å². The van der Waals surface area contributed by atoms with Gasteiger partial charge in [-0.2, -0.15) is 0 Å². The fourth-order valence-electron chi connectivity index (χ4n) is 3.57. The van der Waals surface area contributed by atoms with Crippen molar-refractivity contribution in [2.24, 2.45) is 0 Å². The van der Waals surface area contributed by atoms with Gasteiger partial charge >= 0.3 is 140 Å². The van der Waals surface area contributed by atoms with Crippen LogP contribution in [0.5, 0.6) is 0 Å². The minimum atomic E-state index is -2.07. The van der Waals surface area contributed by atoms with E-state index in [0.717, 1.165) is 0 Å². The van der Waals surface area contributed by atoms with Gasteiger partial charge in [-0.15, -0.1) is 0 Å². The fourth-order valence-corrected chi connectivity index (χ4v) is 21.2. The Morgan fingerprint density at radius 2 is 1.14 bits per heavy atom. The minimum absolute atomic E-state index is 1.32. The summed E-state index contributed by atoms with van der Waals surface area (Å²) in [6.45, 7) is 11.9. The third kappa shape index (κ3) is 8.67. The molecule has 0 spiro atoms. The van der Waals surface area contributed by atoms with Crippen LogP contribution in [0.25, 0.3) is 0 Å². The number of hydrogen-bond acceptors (Lipinski definition) is 0. The van der Waals surface area contributed by atoms with E-state index in [9.17, 15) is 0 Å². The van der Waals surface area contributed by atoms with Crippen molar-refractivity contribution in [1.82, 2.24) is 0 Å². The van der Waals surface area contributed by atoms with Crippen LogP contribution in [0.1, 0.15) is 98.8 Å². The SMILES string of the molecule is CCC/C=[C](/CCC)[Sn]([CH2]CCC)([CH2]CCC)[CH2]CCC. The second-order valence-electron chi connectivity index (χ2n) is 6.86. The molecule has 21 heavy (non-hydrogen) atoms. The Morgan fingerprint density at radius 1 is 0.667 bits per heavy atom. The number of allylic oxidation sites excluding steroid dienone is 2. The molecule has 0 aromatic carbocycles. The van der Waals surface area contributed by atoms with Gasteiger partial charge in [0.15, 0.2) is 0 Å². The van der Waals surface area contributed by atoms with Crippen LogP contribution in [0, 0.1) is 0 Å². The maximum absolute atomic E-state index is 2.72. The molecule has 126 valence electrons. The van der Waals surface area contributed by atoms with Crippen molar-refractivity contribution in [3.8, 4) is 0 Å². The van der Waals surface area contributed by atoms with Crippen molar-refractivity contribution >= 4 is 18.4 Å². The van der Waals surface area contributed by atoms with Crippen LogP contribution in [0.2, 0.25) is 13.3 Å². The molecule has 0 atom stereocenters. The molecule has 0 aliphatic heterocycles. The molecule has 0 aliphatic carbocycles. The van der Waals surface area contributed by atoms with Crippen molar-refractivity contribution in [1.29, 1.82) is 0 Å². The first-order chi connectivity index (χ1) is 10.2. The van der Waals surface area contributed by atoms with Crippen LogP contribution in [0.15, 0.2) is 9.67 Å². The molecular formula is C20H42Sn. The average molecular weight is 401 g/mol. The molecule has 0 bridgehead atoms. The van der Waals surface area contributed by atoms with E-state index in [2.05, 4.69) is 40.7 Å². The van der Waals surface area contributed by atoms with Gasteiger partial charge in [0.2, 0.25) is 0 Å². The van der Waals surface area contributed by atoms with E-state index >= 15 is 0 Å². The van der Waals surface area contributed by atoms with E-state index in [1.165, 1.54) is 64.2 Å². The van der Waals surface area contributed by atoms with Gasteiger partial charge in [-0.25, -0.2) is 0 Å². The Hall–Kier alpha value is 0.539. The van der Waals surface area contributed by atoms with E-state index in [1.54, 1.807) is 13.3 Å². The second-order valence-corrected chi connectivity index (χ2v) is 20.3. The van der Waals surface area contributed by atoms with E-state index < -0.39 is 18.4 Å². The zero-order valence-corrected chi connectivity index (χ0v) is 18.6. The van der Waals surface area contributed by atoms with Crippen LogP contribution >= 0.6 is 0 Å². The van der Waals surface area contributed by atoms with Gasteiger partial charge in [0, 0.05) is 0 Å². The van der Waals surface area contributed by atoms with Gasteiger partial charge < -0.3 is 0 Å². The molecule has 0 rings (SSSR count). The zero-order valence-electron chi connectivity index (χ0n) is 15.8. The molecule has 0 unspecified atom stereocenters. The summed E-state index contributed by atoms with van der Waals surface area (Å²) in [5.41, 5.74) is 0. The molecule has 0 heterocycles. The van der Waals surface area contributed by atoms with Gasteiger partial charge in [0.1, 0.15) is 0 Å². The Kier molecular flexibility index (Phi) is 14.5. The number of rotatable bonds is 14. The van der Waals surface area contributed by atoms with Crippen molar-refractivity contribution in [2.45, 2.75) is 112 Å². The Balaban J connectivity index is 5.28. The molecule has 0 radical (unpaired) electrons. The Morgan fingerprint density at radius 3 is 1.48 bits per heavy atom. The molecule has 0 fully saturated rings. The van der Waals surface area contributed by atoms with Crippen LogP contribution in [-0.2, 0) is 0 Å². The summed E-state index contributed by atoms with van der Waals surface area (Å²) in [4.78, 5) is 0. The topological polar surface area (TPSA) is 0 Å². The molecular weight excluding hydrogens is 359 g/mol.